The van der Waals surface area contributed by atoms with Crippen LogP contribution in [0.25, 0.3) is 0 Å². The molecule has 0 bridgehead atoms. The molecule has 0 heterocycles. The van der Waals surface area contributed by atoms with Crippen molar-refractivity contribution < 1.29 is 19.6 Å². The third-order valence-corrected chi connectivity index (χ3v) is 3.48. The molecule has 0 radical (unpaired) electrons. The summed E-state index contributed by atoms with van der Waals surface area (Å²) >= 11 is 3.25. The van der Waals surface area contributed by atoms with Gasteiger partial charge in [0.1, 0.15) is 0 Å². The van der Waals surface area contributed by atoms with Crippen LogP contribution in [0.4, 0.5) is 5.69 Å². The molecule has 2 aromatic rings. The van der Waals surface area contributed by atoms with E-state index in [1.54, 1.807) is 24.3 Å². The summed E-state index contributed by atoms with van der Waals surface area (Å²) in [5.41, 5.74) is 2.28. The van der Waals surface area contributed by atoms with Crippen LogP contribution in [0.5, 0.6) is 11.5 Å². The van der Waals surface area contributed by atoms with Gasteiger partial charge in [-0.1, -0.05) is 22.0 Å². The molecule has 124 valence electrons. The first kappa shape index (κ1) is 17.4. The van der Waals surface area contributed by atoms with Crippen LogP contribution in [-0.4, -0.2) is 29.3 Å². The number of ether oxygens (including phenoxy) is 1. The SMILES string of the molecule is COc1c(O)ccc(/C=N\NC(=O)c2cccc(Br)c2)c1[N+](=O)[O-]. The van der Waals surface area contributed by atoms with E-state index in [2.05, 4.69) is 26.5 Å². The topological polar surface area (TPSA) is 114 Å². The Kier molecular flexibility index (Phi) is 5.48. The van der Waals surface area contributed by atoms with Crippen molar-refractivity contribution in [2.75, 3.05) is 7.11 Å². The van der Waals surface area contributed by atoms with Gasteiger partial charge in [0.05, 0.1) is 23.8 Å². The molecule has 24 heavy (non-hydrogen) atoms. The first-order valence-electron chi connectivity index (χ1n) is 6.57. The molecule has 2 aromatic carbocycles. The van der Waals surface area contributed by atoms with E-state index in [0.717, 1.165) is 10.7 Å². The highest BCUT2D eigenvalue weighted by Gasteiger charge is 2.23. The highest BCUT2D eigenvalue weighted by molar-refractivity contribution is 9.10. The average Bonchev–Trinajstić information content (AvgIpc) is 2.55. The lowest BCUT2D eigenvalue weighted by Gasteiger charge is -2.06. The molecule has 2 rings (SSSR count). The van der Waals surface area contributed by atoms with Gasteiger partial charge >= 0.3 is 5.69 Å². The molecular weight excluding hydrogens is 382 g/mol. The molecule has 9 heteroatoms. The van der Waals surface area contributed by atoms with Crippen molar-refractivity contribution in [2.45, 2.75) is 0 Å². The summed E-state index contributed by atoms with van der Waals surface area (Å²) in [5.74, 6) is -1.11. The molecule has 0 unspecified atom stereocenters. The third kappa shape index (κ3) is 3.87. The van der Waals surface area contributed by atoms with Crippen LogP contribution in [0.15, 0.2) is 46.0 Å². The molecule has 0 fully saturated rings. The fraction of sp³-hybridized carbons (Fsp3) is 0.0667. The van der Waals surface area contributed by atoms with E-state index in [1.807, 2.05) is 0 Å². The van der Waals surface area contributed by atoms with Crippen LogP contribution in [0.3, 0.4) is 0 Å². The summed E-state index contributed by atoms with van der Waals surface area (Å²) in [7, 11) is 1.21. The molecule has 0 atom stereocenters. The molecule has 8 nitrogen and oxygen atoms in total. The normalized spacial score (nSPS) is 10.6. The van der Waals surface area contributed by atoms with E-state index in [1.165, 1.54) is 19.2 Å². The van der Waals surface area contributed by atoms with Gasteiger partial charge in [0.2, 0.25) is 5.75 Å². The lowest BCUT2D eigenvalue weighted by molar-refractivity contribution is -0.386. The molecule has 0 aromatic heterocycles. The van der Waals surface area contributed by atoms with Crippen LogP contribution in [0.2, 0.25) is 0 Å². The monoisotopic (exact) mass is 393 g/mol. The number of hydrogen-bond donors (Lipinski definition) is 2. The Morgan fingerprint density at radius 3 is 2.79 bits per heavy atom. The Balaban J connectivity index is 2.23. The summed E-state index contributed by atoms with van der Waals surface area (Å²) in [6.45, 7) is 0. The van der Waals surface area contributed by atoms with E-state index < -0.39 is 16.5 Å². The highest BCUT2D eigenvalue weighted by atomic mass is 79.9. The zero-order chi connectivity index (χ0) is 17.7. The van der Waals surface area contributed by atoms with Gasteiger partial charge in [-0.15, -0.1) is 0 Å². The average molecular weight is 394 g/mol. The predicted molar refractivity (Wildman–Crippen MR) is 90.5 cm³/mol. The number of nitrogens with zero attached hydrogens (tertiary/aromatic N) is 2. The first-order valence-corrected chi connectivity index (χ1v) is 7.36. The fourth-order valence-corrected chi connectivity index (χ4v) is 2.32. The van der Waals surface area contributed by atoms with E-state index in [4.69, 9.17) is 4.74 Å². The summed E-state index contributed by atoms with van der Waals surface area (Å²) in [6, 6.07) is 9.21. The number of nitro benzene ring substituents is 1. The number of rotatable bonds is 5. The minimum Gasteiger partial charge on any atom is -0.504 e. The third-order valence-electron chi connectivity index (χ3n) is 2.99. The molecule has 0 saturated heterocycles. The van der Waals surface area contributed by atoms with Crippen LogP contribution < -0.4 is 10.2 Å². The Morgan fingerprint density at radius 2 is 2.17 bits per heavy atom. The summed E-state index contributed by atoms with van der Waals surface area (Å²) in [5, 5.41) is 24.5. The van der Waals surface area contributed by atoms with Gasteiger partial charge in [0.25, 0.3) is 5.91 Å². The van der Waals surface area contributed by atoms with Crippen molar-refractivity contribution in [3.63, 3.8) is 0 Å². The number of benzene rings is 2. The van der Waals surface area contributed by atoms with Gasteiger partial charge in [-0.2, -0.15) is 5.10 Å². The Hall–Kier alpha value is -2.94. The van der Waals surface area contributed by atoms with Crippen LogP contribution in [0, 0.1) is 10.1 Å². The standard InChI is InChI=1S/C15H12BrN3O5/c1-24-14-12(20)6-5-10(13(14)19(22)23)8-17-18-15(21)9-3-2-4-11(16)7-9/h2-8,20H,1H3,(H,18,21)/b17-8-. The Labute approximate surface area is 145 Å². The van der Waals surface area contributed by atoms with Crippen molar-refractivity contribution in [1.29, 1.82) is 0 Å². The second-order valence-corrected chi connectivity index (χ2v) is 5.44. The minimum absolute atomic E-state index is 0.0733. The van der Waals surface area contributed by atoms with Crippen molar-refractivity contribution in [1.82, 2.24) is 5.43 Å². The number of carbonyl (C=O) groups is 1. The maximum absolute atomic E-state index is 11.9. The van der Waals surface area contributed by atoms with Gasteiger partial charge in [0.15, 0.2) is 5.75 Å². The number of hydrazone groups is 1. The molecule has 1 amide bonds. The Morgan fingerprint density at radius 1 is 1.42 bits per heavy atom. The maximum Gasteiger partial charge on any atom is 0.323 e. The molecule has 2 N–H and O–H groups in total. The van der Waals surface area contributed by atoms with Gasteiger partial charge in [0, 0.05) is 10.0 Å². The minimum atomic E-state index is -0.698. The number of nitrogens with one attached hydrogen (secondary N) is 1. The lowest BCUT2D eigenvalue weighted by Crippen LogP contribution is -2.17. The van der Waals surface area contributed by atoms with Crippen molar-refractivity contribution in [3.8, 4) is 11.5 Å². The van der Waals surface area contributed by atoms with Gasteiger partial charge < -0.3 is 9.84 Å². The van der Waals surface area contributed by atoms with E-state index in [-0.39, 0.29) is 17.1 Å². The second kappa shape index (κ2) is 7.55. The van der Waals surface area contributed by atoms with Gasteiger partial charge in [-0.25, -0.2) is 5.43 Å². The number of aromatic hydroxyl groups is 1. The van der Waals surface area contributed by atoms with Crippen molar-refractivity contribution in [3.05, 3.63) is 62.1 Å². The van der Waals surface area contributed by atoms with E-state index in [9.17, 15) is 20.0 Å². The largest absolute Gasteiger partial charge is 0.504 e. The number of methoxy groups -OCH3 is 1. The summed E-state index contributed by atoms with van der Waals surface area (Å²) < 4.78 is 5.58. The second-order valence-electron chi connectivity index (χ2n) is 4.52. The molecular formula is C15H12BrN3O5. The van der Waals surface area contributed by atoms with Crippen LogP contribution in [-0.2, 0) is 0 Å². The number of halogens is 1. The maximum atomic E-state index is 11.9. The van der Waals surface area contributed by atoms with E-state index >= 15 is 0 Å². The lowest BCUT2D eigenvalue weighted by atomic mass is 10.1. The smallest absolute Gasteiger partial charge is 0.323 e. The molecule has 0 saturated carbocycles. The summed E-state index contributed by atoms with van der Waals surface area (Å²) in [6.07, 6.45) is 1.11. The number of hydrogen-bond acceptors (Lipinski definition) is 6. The van der Waals surface area contributed by atoms with Crippen LogP contribution >= 0.6 is 15.9 Å². The number of nitro groups is 1. The zero-order valence-electron chi connectivity index (χ0n) is 12.4. The molecule has 0 aliphatic carbocycles. The number of carbonyl (C=O) groups excluding carboxylic acids is 1. The number of phenols is 1. The number of amides is 1. The van der Waals surface area contributed by atoms with Gasteiger partial charge in [-0.3, -0.25) is 14.9 Å². The van der Waals surface area contributed by atoms with Gasteiger partial charge in [-0.05, 0) is 30.3 Å². The quantitative estimate of drug-likeness (QED) is 0.460. The molecule has 0 aliphatic heterocycles. The van der Waals surface area contributed by atoms with Crippen molar-refractivity contribution in [2.24, 2.45) is 5.10 Å². The molecule has 0 spiro atoms. The first-order chi connectivity index (χ1) is 11.4. The number of phenolic OH excluding ortho intramolecular Hbond substituents is 1. The Bertz CT molecular complexity index is 823. The van der Waals surface area contributed by atoms with E-state index in [0.29, 0.717) is 5.56 Å². The summed E-state index contributed by atoms with van der Waals surface area (Å²) in [4.78, 5) is 22.4. The highest BCUT2D eigenvalue weighted by Crippen LogP contribution is 2.37. The van der Waals surface area contributed by atoms with Crippen molar-refractivity contribution >= 4 is 33.7 Å². The fourth-order valence-electron chi connectivity index (χ4n) is 1.92. The predicted octanol–water partition coefficient (Wildman–Crippen LogP) is 2.84. The molecule has 0 aliphatic rings. The zero-order valence-corrected chi connectivity index (χ0v) is 14.0. The van der Waals surface area contributed by atoms with Crippen LogP contribution in [0.1, 0.15) is 15.9 Å².